The van der Waals surface area contributed by atoms with Gasteiger partial charge in [0.25, 0.3) is 0 Å². The zero-order valence-electron chi connectivity index (χ0n) is 18.9. The predicted octanol–water partition coefficient (Wildman–Crippen LogP) is 5.85. The molecule has 3 nitrogen and oxygen atoms in total. The smallest absolute Gasteiger partial charge is 0.330 e. The highest BCUT2D eigenvalue weighted by Gasteiger charge is 2.63. The summed E-state index contributed by atoms with van der Waals surface area (Å²) in [5.41, 5.74) is 5.42. The highest BCUT2D eigenvalue weighted by atomic mass is 19.1. The van der Waals surface area contributed by atoms with E-state index in [0.29, 0.717) is 5.56 Å². The number of fused-ring (bicyclic) bond motifs is 2. The molecule has 7 rings (SSSR count). The van der Waals surface area contributed by atoms with Crippen LogP contribution in [-0.4, -0.2) is 29.6 Å². The lowest BCUT2D eigenvalue weighted by molar-refractivity contribution is -0.173. The lowest BCUT2D eigenvalue weighted by Crippen LogP contribution is -2.71. The van der Waals surface area contributed by atoms with Crippen LogP contribution in [-0.2, 0) is 16.0 Å². The fourth-order valence-corrected chi connectivity index (χ4v) is 6.77. The second kappa shape index (κ2) is 7.36. The third-order valence-corrected chi connectivity index (χ3v) is 8.24. The normalized spacial score (nSPS) is 30.0. The number of halogens is 2. The predicted molar refractivity (Wildman–Crippen MR) is 123 cm³/mol. The molecule has 2 aromatic carbocycles. The second-order valence-corrected chi connectivity index (χ2v) is 10.2. The number of methoxy groups -OCH3 is 1. The summed E-state index contributed by atoms with van der Waals surface area (Å²) >= 11 is 0. The van der Waals surface area contributed by atoms with Crippen molar-refractivity contribution in [2.75, 3.05) is 7.11 Å². The van der Waals surface area contributed by atoms with Crippen LogP contribution in [0.1, 0.15) is 60.9 Å². The molecule has 170 valence electrons. The minimum absolute atomic E-state index is 0.0738. The third-order valence-electron chi connectivity index (χ3n) is 8.24. The number of benzene rings is 2. The highest BCUT2D eigenvalue weighted by molar-refractivity contribution is 5.87. The lowest BCUT2D eigenvalue weighted by atomic mass is 9.48. The van der Waals surface area contributed by atoms with Gasteiger partial charge in [0.2, 0.25) is 0 Å². The summed E-state index contributed by atoms with van der Waals surface area (Å²) < 4.78 is 35.9. The van der Waals surface area contributed by atoms with Crippen LogP contribution in [0, 0.1) is 17.6 Å². The molecule has 0 spiro atoms. The van der Waals surface area contributed by atoms with Crippen LogP contribution in [0.15, 0.2) is 48.0 Å². The van der Waals surface area contributed by atoms with E-state index in [1.807, 2.05) is 12.1 Å². The number of carbonyl (C=O) groups is 1. The van der Waals surface area contributed by atoms with Gasteiger partial charge in [0.15, 0.2) is 0 Å². The van der Waals surface area contributed by atoms with E-state index in [1.54, 1.807) is 0 Å². The Morgan fingerprint density at radius 2 is 1.85 bits per heavy atom. The molecule has 3 fully saturated rings. The van der Waals surface area contributed by atoms with Crippen molar-refractivity contribution in [1.82, 2.24) is 4.90 Å². The Kier molecular flexibility index (Phi) is 4.64. The number of hydrogen-bond donors (Lipinski definition) is 0. The Balaban J connectivity index is 1.47. The van der Waals surface area contributed by atoms with Gasteiger partial charge < -0.3 is 4.74 Å². The van der Waals surface area contributed by atoms with Crippen LogP contribution in [0.25, 0.3) is 11.6 Å². The topological polar surface area (TPSA) is 29.5 Å². The minimum Gasteiger partial charge on any atom is -0.466 e. The van der Waals surface area contributed by atoms with Gasteiger partial charge in [-0.15, -0.1) is 0 Å². The molecule has 5 heteroatoms. The van der Waals surface area contributed by atoms with E-state index in [-0.39, 0.29) is 17.1 Å². The van der Waals surface area contributed by atoms with Gasteiger partial charge in [-0.05, 0) is 91.0 Å². The number of nitrogens with zero attached hydrogens (tertiary/aromatic N) is 1. The average molecular weight is 448 g/mol. The van der Waals surface area contributed by atoms with Crippen LogP contribution in [0.5, 0.6) is 0 Å². The molecule has 1 heterocycles. The maximum absolute atomic E-state index is 15.7. The van der Waals surface area contributed by atoms with Crippen LogP contribution >= 0.6 is 0 Å². The SMILES string of the molecule is COC(=O)/C=C/c1cc(F)c([C@@H]2C3=C(C[C@@H](C)N2C24CC(C2)C4)c2ccccc2C3)c(F)c1. The van der Waals surface area contributed by atoms with Crippen molar-refractivity contribution in [3.63, 3.8) is 0 Å². The molecule has 2 atom stereocenters. The van der Waals surface area contributed by atoms with Gasteiger partial charge in [0.05, 0.1) is 13.2 Å². The largest absolute Gasteiger partial charge is 0.466 e. The molecule has 2 bridgehead atoms. The Hall–Kier alpha value is -2.79. The van der Waals surface area contributed by atoms with Crippen molar-refractivity contribution < 1.29 is 18.3 Å². The number of rotatable bonds is 4. The van der Waals surface area contributed by atoms with Crippen molar-refractivity contribution in [3.05, 3.63) is 81.9 Å². The third kappa shape index (κ3) is 3.05. The van der Waals surface area contributed by atoms with E-state index in [4.69, 9.17) is 0 Å². The first kappa shape index (κ1) is 20.8. The molecule has 0 amide bonds. The molecule has 0 saturated heterocycles. The summed E-state index contributed by atoms with van der Waals surface area (Å²) in [6.07, 6.45) is 7.62. The summed E-state index contributed by atoms with van der Waals surface area (Å²) in [4.78, 5) is 13.9. The van der Waals surface area contributed by atoms with Crippen LogP contribution < -0.4 is 0 Å². The molecule has 3 saturated carbocycles. The zero-order valence-corrected chi connectivity index (χ0v) is 18.9. The van der Waals surface area contributed by atoms with E-state index in [1.165, 1.54) is 48.1 Å². The number of carbonyl (C=O) groups excluding carboxylic acids is 1. The first-order chi connectivity index (χ1) is 15.9. The quantitative estimate of drug-likeness (QED) is 0.435. The standard InChI is InChI=1S/C28H27F2NO2/c1-16-9-21-20-6-4-3-5-19(20)12-22(21)27(31(16)28-13-18(14-28)15-28)26-23(29)10-17(11-24(26)30)7-8-25(32)33-2/h3-8,10-11,16,18,27H,9,12-15H2,1-2H3/b8-7+/t16-,18?,27+,28?/m1/s1. The molecule has 0 aromatic heterocycles. The summed E-state index contributed by atoms with van der Waals surface area (Å²) in [7, 11) is 1.27. The minimum atomic E-state index is -0.561. The van der Waals surface area contributed by atoms with Gasteiger partial charge in [-0.1, -0.05) is 24.3 Å². The monoisotopic (exact) mass is 447 g/mol. The maximum atomic E-state index is 15.7. The molecule has 0 unspecified atom stereocenters. The fourth-order valence-electron chi connectivity index (χ4n) is 6.77. The summed E-state index contributed by atoms with van der Waals surface area (Å²) in [5.74, 6) is -0.903. The van der Waals surface area contributed by atoms with Gasteiger partial charge in [0, 0.05) is 23.2 Å². The zero-order chi connectivity index (χ0) is 22.9. The molecule has 4 aliphatic carbocycles. The number of hydrogen-bond acceptors (Lipinski definition) is 3. The van der Waals surface area contributed by atoms with Gasteiger partial charge in [0.1, 0.15) is 11.6 Å². The van der Waals surface area contributed by atoms with E-state index in [0.717, 1.165) is 43.6 Å². The molecule has 2 aromatic rings. The van der Waals surface area contributed by atoms with Gasteiger partial charge in [-0.25, -0.2) is 13.6 Å². The molecule has 33 heavy (non-hydrogen) atoms. The van der Waals surface area contributed by atoms with Crippen LogP contribution in [0.4, 0.5) is 8.78 Å². The fraction of sp³-hybridized carbons (Fsp3) is 0.393. The highest BCUT2D eigenvalue weighted by Crippen LogP contribution is 2.65. The van der Waals surface area contributed by atoms with E-state index in [2.05, 4.69) is 28.7 Å². The van der Waals surface area contributed by atoms with Gasteiger partial charge in [-0.3, -0.25) is 4.90 Å². The Morgan fingerprint density at radius 3 is 2.48 bits per heavy atom. The van der Waals surface area contributed by atoms with Crippen molar-refractivity contribution >= 4 is 17.6 Å². The summed E-state index contributed by atoms with van der Waals surface area (Å²) in [6, 6.07) is 10.8. The second-order valence-electron chi connectivity index (χ2n) is 10.2. The van der Waals surface area contributed by atoms with E-state index < -0.39 is 23.6 Å². The summed E-state index contributed by atoms with van der Waals surface area (Å²) in [5, 5.41) is 0. The van der Waals surface area contributed by atoms with Crippen LogP contribution in [0.3, 0.4) is 0 Å². The average Bonchev–Trinajstić information content (AvgIpc) is 3.09. The Bertz CT molecular complexity index is 1190. The molecular formula is C28H27F2NO2. The van der Waals surface area contributed by atoms with Crippen molar-refractivity contribution in [2.24, 2.45) is 5.92 Å². The first-order valence-corrected chi connectivity index (χ1v) is 11.7. The molecular weight excluding hydrogens is 420 g/mol. The number of esters is 1. The molecule has 0 N–H and O–H groups in total. The molecule has 0 radical (unpaired) electrons. The van der Waals surface area contributed by atoms with Crippen molar-refractivity contribution in [1.29, 1.82) is 0 Å². The van der Waals surface area contributed by atoms with Crippen LogP contribution in [0.2, 0.25) is 0 Å². The molecule has 1 aliphatic heterocycles. The molecule has 5 aliphatic rings. The first-order valence-electron chi connectivity index (χ1n) is 11.7. The Labute approximate surface area is 192 Å². The number of ether oxygens (including phenoxy) is 1. The van der Waals surface area contributed by atoms with E-state index >= 15 is 8.78 Å². The van der Waals surface area contributed by atoms with Crippen molar-refractivity contribution in [3.8, 4) is 0 Å². The van der Waals surface area contributed by atoms with Gasteiger partial charge in [-0.2, -0.15) is 0 Å². The van der Waals surface area contributed by atoms with E-state index in [9.17, 15) is 4.79 Å². The lowest BCUT2D eigenvalue weighted by Gasteiger charge is -2.70. The maximum Gasteiger partial charge on any atom is 0.330 e. The summed E-state index contributed by atoms with van der Waals surface area (Å²) in [6.45, 7) is 2.21. The van der Waals surface area contributed by atoms with Gasteiger partial charge >= 0.3 is 5.97 Å². The van der Waals surface area contributed by atoms with Crippen molar-refractivity contribution in [2.45, 2.75) is 56.7 Å². The Morgan fingerprint density at radius 1 is 1.15 bits per heavy atom.